The van der Waals surface area contributed by atoms with Crippen LogP contribution >= 0.6 is 27.5 Å². The first-order chi connectivity index (χ1) is 2.89. The first kappa shape index (κ1) is 4.21. The number of nitrogens with zero attached hydrogens (tertiary/aromatic N) is 2. The zero-order valence-corrected chi connectivity index (χ0v) is 5.08. The van der Waals surface area contributed by atoms with Gasteiger partial charge in [-0.05, 0) is 27.5 Å². The van der Waals surface area contributed by atoms with E-state index in [-0.39, 0.29) is 0 Å². The second kappa shape index (κ2) is 1.66. The van der Waals surface area contributed by atoms with Crippen LogP contribution in [0.2, 0.25) is 0 Å². The van der Waals surface area contributed by atoms with Crippen LogP contribution in [0.1, 0.15) is 0 Å². The second-order valence-corrected chi connectivity index (χ2v) is 2.73. The van der Waals surface area contributed by atoms with Gasteiger partial charge in [-0.2, -0.15) is 0 Å². The summed E-state index contributed by atoms with van der Waals surface area (Å²) < 4.78 is 4.36. The Hall–Kier alpha value is 0.0400. The molecule has 0 amide bonds. The van der Waals surface area contributed by atoms with Gasteiger partial charge in [0.25, 0.3) is 0 Å². The minimum absolute atomic E-state index is 0.850. The maximum atomic E-state index is 3.51. The SMILES string of the molecule is Brc1[c]nns1. The highest BCUT2D eigenvalue weighted by atomic mass is 79.9. The van der Waals surface area contributed by atoms with Gasteiger partial charge in [0.15, 0.2) is 0 Å². The van der Waals surface area contributed by atoms with Crippen LogP contribution in [-0.2, 0) is 0 Å². The Labute approximate surface area is 47.5 Å². The molecule has 0 aliphatic rings. The second-order valence-electron chi connectivity index (χ2n) is 0.658. The van der Waals surface area contributed by atoms with Crippen molar-refractivity contribution in [2.45, 2.75) is 0 Å². The van der Waals surface area contributed by atoms with Gasteiger partial charge >= 0.3 is 0 Å². The lowest BCUT2D eigenvalue weighted by molar-refractivity contribution is 1.14. The molecular weight excluding hydrogens is 164 g/mol. The Morgan fingerprint density at radius 2 is 2.67 bits per heavy atom. The number of hydrogen-bond donors (Lipinski definition) is 0. The minimum atomic E-state index is 0.850. The number of rotatable bonds is 0. The lowest BCUT2D eigenvalue weighted by atomic mass is 11.0. The van der Waals surface area contributed by atoms with Crippen molar-refractivity contribution in [3.05, 3.63) is 9.98 Å². The lowest BCUT2D eigenvalue weighted by Gasteiger charge is -1.55. The van der Waals surface area contributed by atoms with Gasteiger partial charge < -0.3 is 0 Å². The average Bonchev–Trinajstić information content (AvgIpc) is 1.86. The summed E-state index contributed by atoms with van der Waals surface area (Å²) in [6, 6.07) is 0. The van der Waals surface area contributed by atoms with Gasteiger partial charge in [0.2, 0.25) is 0 Å². The molecule has 2 nitrogen and oxygen atoms in total. The smallest absolute Gasteiger partial charge is 0.135 e. The Kier molecular flexibility index (Phi) is 1.16. The summed E-state index contributed by atoms with van der Waals surface area (Å²) in [5.74, 6) is 0. The zero-order chi connectivity index (χ0) is 4.41. The highest BCUT2D eigenvalue weighted by Crippen LogP contribution is 2.08. The number of halogens is 1. The standard InChI is InChI=1S/C2BrN2S/c3-2-1-4-5-6-2. The summed E-state index contributed by atoms with van der Waals surface area (Å²) in [5.41, 5.74) is 0. The Balaban J connectivity index is 3.05. The lowest BCUT2D eigenvalue weighted by Crippen LogP contribution is -1.52. The van der Waals surface area contributed by atoms with E-state index in [0.29, 0.717) is 0 Å². The van der Waals surface area contributed by atoms with Gasteiger partial charge in [-0.3, -0.25) is 0 Å². The Morgan fingerprint density at radius 3 is 2.83 bits per heavy atom. The van der Waals surface area contributed by atoms with Gasteiger partial charge in [-0.25, -0.2) is 0 Å². The quantitative estimate of drug-likeness (QED) is 0.573. The summed E-state index contributed by atoms with van der Waals surface area (Å²) in [4.78, 5) is 0. The van der Waals surface area contributed by atoms with Crippen LogP contribution < -0.4 is 0 Å². The van der Waals surface area contributed by atoms with E-state index in [0.717, 1.165) is 3.79 Å². The summed E-state index contributed by atoms with van der Waals surface area (Å²) in [7, 11) is 0. The normalized spacial score (nSPS) is 8.83. The molecule has 1 rings (SSSR count). The monoisotopic (exact) mass is 163 g/mol. The molecule has 1 aromatic rings. The van der Waals surface area contributed by atoms with Crippen LogP contribution in [0.5, 0.6) is 0 Å². The van der Waals surface area contributed by atoms with Gasteiger partial charge in [-0.1, -0.05) is 4.49 Å². The highest BCUT2D eigenvalue weighted by Gasteiger charge is 1.82. The van der Waals surface area contributed by atoms with Crippen molar-refractivity contribution in [2.24, 2.45) is 0 Å². The molecule has 1 radical (unpaired) electrons. The summed E-state index contributed by atoms with van der Waals surface area (Å²) in [5, 5.41) is 3.42. The molecule has 0 aromatic carbocycles. The van der Waals surface area contributed by atoms with Crippen LogP contribution in [0, 0.1) is 6.20 Å². The molecule has 0 fully saturated rings. The van der Waals surface area contributed by atoms with Crippen LogP contribution in [0.25, 0.3) is 0 Å². The third kappa shape index (κ3) is 0.753. The molecule has 0 unspecified atom stereocenters. The topological polar surface area (TPSA) is 25.8 Å². The average molecular weight is 164 g/mol. The van der Waals surface area contributed by atoms with Crippen molar-refractivity contribution >= 4 is 27.5 Å². The van der Waals surface area contributed by atoms with Crippen molar-refractivity contribution in [3.8, 4) is 0 Å². The van der Waals surface area contributed by atoms with Crippen LogP contribution in [0.3, 0.4) is 0 Å². The Morgan fingerprint density at radius 1 is 1.83 bits per heavy atom. The minimum Gasteiger partial charge on any atom is -0.135 e. The van der Waals surface area contributed by atoms with Crippen molar-refractivity contribution in [3.63, 3.8) is 0 Å². The maximum Gasteiger partial charge on any atom is 0.142 e. The zero-order valence-electron chi connectivity index (χ0n) is 2.68. The molecule has 6 heavy (non-hydrogen) atoms. The van der Waals surface area contributed by atoms with E-state index in [1.54, 1.807) is 0 Å². The summed E-state index contributed by atoms with van der Waals surface area (Å²) in [6.45, 7) is 0. The molecule has 31 valence electrons. The molecule has 0 aliphatic carbocycles. The van der Waals surface area contributed by atoms with E-state index in [9.17, 15) is 0 Å². The number of aromatic nitrogens is 2. The van der Waals surface area contributed by atoms with E-state index in [1.807, 2.05) is 0 Å². The molecule has 0 N–H and O–H groups in total. The molecule has 0 saturated heterocycles. The third-order valence-electron chi connectivity index (χ3n) is 0.300. The highest BCUT2D eigenvalue weighted by molar-refractivity contribution is 9.11. The van der Waals surface area contributed by atoms with Crippen molar-refractivity contribution in [1.29, 1.82) is 0 Å². The fourth-order valence-corrected chi connectivity index (χ4v) is 0.645. The van der Waals surface area contributed by atoms with Gasteiger partial charge in [0.1, 0.15) is 9.98 Å². The van der Waals surface area contributed by atoms with Crippen LogP contribution in [0.15, 0.2) is 3.79 Å². The molecule has 0 bridgehead atoms. The molecule has 1 aromatic heterocycles. The third-order valence-corrected chi connectivity index (χ3v) is 1.33. The predicted octanol–water partition coefficient (Wildman–Crippen LogP) is 1.10. The maximum absolute atomic E-state index is 3.51. The first-order valence-electron chi connectivity index (χ1n) is 1.25. The van der Waals surface area contributed by atoms with Crippen molar-refractivity contribution in [1.82, 2.24) is 9.59 Å². The predicted molar refractivity (Wildman–Crippen MR) is 26.4 cm³/mol. The van der Waals surface area contributed by atoms with E-state index in [1.165, 1.54) is 11.5 Å². The molecular formula is C2BrN2S. The molecule has 0 spiro atoms. The molecule has 1 heterocycles. The molecule has 4 heteroatoms. The van der Waals surface area contributed by atoms with Gasteiger partial charge in [0.05, 0.1) is 0 Å². The van der Waals surface area contributed by atoms with E-state index in [4.69, 9.17) is 0 Å². The van der Waals surface area contributed by atoms with Gasteiger partial charge in [0, 0.05) is 0 Å². The van der Waals surface area contributed by atoms with Gasteiger partial charge in [-0.15, -0.1) is 5.10 Å². The summed E-state index contributed by atoms with van der Waals surface area (Å²) >= 11 is 4.40. The van der Waals surface area contributed by atoms with Crippen molar-refractivity contribution in [2.75, 3.05) is 0 Å². The van der Waals surface area contributed by atoms with E-state index < -0.39 is 0 Å². The fraction of sp³-hybridized carbons (Fsp3) is 0. The Bertz CT molecular complexity index is 115. The summed E-state index contributed by atoms with van der Waals surface area (Å²) in [6.07, 6.45) is 2.57. The molecule has 0 atom stereocenters. The number of hydrogen-bond acceptors (Lipinski definition) is 3. The molecule has 0 saturated carbocycles. The fourth-order valence-electron chi connectivity index (χ4n) is 0.136. The van der Waals surface area contributed by atoms with Crippen LogP contribution in [-0.4, -0.2) is 9.59 Å². The van der Waals surface area contributed by atoms with Crippen LogP contribution in [0.4, 0.5) is 0 Å². The first-order valence-corrected chi connectivity index (χ1v) is 2.82. The molecule has 0 aliphatic heterocycles. The van der Waals surface area contributed by atoms with E-state index >= 15 is 0 Å². The van der Waals surface area contributed by atoms with E-state index in [2.05, 4.69) is 31.7 Å². The van der Waals surface area contributed by atoms with Crippen molar-refractivity contribution < 1.29 is 0 Å². The largest absolute Gasteiger partial charge is 0.142 e.